The quantitative estimate of drug-likeness (QED) is 0.850. The number of hydrogen-bond donors (Lipinski definition) is 1. The van der Waals surface area contributed by atoms with E-state index in [4.69, 9.17) is 4.74 Å². The summed E-state index contributed by atoms with van der Waals surface area (Å²) in [5.74, 6) is -0.215. The fourth-order valence-electron chi connectivity index (χ4n) is 1.41. The number of carbonyl (C=O) groups is 2. The fraction of sp³-hybridized carbons (Fsp3) is 0.429. The first-order valence-electron chi connectivity index (χ1n) is 5.97. The largest absolute Gasteiger partial charge is 0.444 e. The van der Waals surface area contributed by atoms with Gasteiger partial charge < -0.3 is 9.53 Å². The van der Waals surface area contributed by atoms with Gasteiger partial charge in [-0.25, -0.2) is 4.79 Å². The van der Waals surface area contributed by atoms with Crippen LogP contribution in [0.5, 0.6) is 0 Å². The summed E-state index contributed by atoms with van der Waals surface area (Å²) < 4.78 is 5.92. The van der Waals surface area contributed by atoms with Gasteiger partial charge in [-0.2, -0.15) is 0 Å². The fourth-order valence-corrected chi connectivity index (χ4v) is 1.76. The van der Waals surface area contributed by atoms with E-state index < -0.39 is 11.7 Å². The Balaban J connectivity index is 2.88. The van der Waals surface area contributed by atoms with Crippen molar-refractivity contribution in [1.29, 1.82) is 0 Å². The zero-order valence-corrected chi connectivity index (χ0v) is 13.1. The maximum atomic E-state index is 11.7. The maximum absolute atomic E-state index is 11.7. The van der Waals surface area contributed by atoms with Gasteiger partial charge in [0.1, 0.15) is 11.9 Å². The van der Waals surface area contributed by atoms with E-state index in [2.05, 4.69) is 21.2 Å². The normalized spacial score (nSPS) is 12.7. The van der Waals surface area contributed by atoms with Crippen molar-refractivity contribution in [3.05, 3.63) is 28.2 Å². The van der Waals surface area contributed by atoms with Crippen LogP contribution in [0, 0.1) is 0 Å². The summed E-state index contributed by atoms with van der Waals surface area (Å²) >= 11 is 3.35. The third kappa shape index (κ3) is 5.03. The molecule has 1 unspecified atom stereocenters. The Bertz CT molecular complexity index is 480. The number of ether oxygens (including phenoxy) is 1. The Hall–Kier alpha value is -1.36. The summed E-state index contributed by atoms with van der Waals surface area (Å²) in [5.41, 5.74) is 0.870. The molecule has 1 aromatic carbocycles. The number of rotatable bonds is 3. The van der Waals surface area contributed by atoms with Crippen molar-refractivity contribution in [1.82, 2.24) is 0 Å². The molecule has 1 rings (SSSR count). The number of anilines is 1. The Labute approximate surface area is 121 Å². The molecule has 0 saturated carbocycles. The number of amides is 1. The van der Waals surface area contributed by atoms with Gasteiger partial charge in [0.25, 0.3) is 0 Å². The Morgan fingerprint density at radius 3 is 2.58 bits per heavy atom. The van der Waals surface area contributed by atoms with Crippen LogP contribution in [0.15, 0.2) is 22.7 Å². The molecule has 1 aromatic rings. The van der Waals surface area contributed by atoms with Crippen LogP contribution in [0.4, 0.5) is 10.5 Å². The van der Waals surface area contributed by atoms with Gasteiger partial charge in [0, 0.05) is 10.4 Å². The van der Waals surface area contributed by atoms with E-state index in [1.54, 1.807) is 39.8 Å². The standard InChI is InChI=1S/C14H18BrNO3/c1-9(8-17)10-5-6-11(15)12(7-10)16-13(18)19-14(2,3)4/h5-9H,1-4H3,(H,16,18). The van der Waals surface area contributed by atoms with Crippen LogP contribution in [0.25, 0.3) is 0 Å². The number of nitrogens with one attached hydrogen (secondary N) is 1. The number of hydrogen-bond acceptors (Lipinski definition) is 3. The molecule has 104 valence electrons. The molecule has 5 heteroatoms. The third-order valence-electron chi connectivity index (χ3n) is 2.36. The third-order valence-corrected chi connectivity index (χ3v) is 3.05. The van der Waals surface area contributed by atoms with Crippen molar-refractivity contribution in [2.24, 2.45) is 0 Å². The van der Waals surface area contributed by atoms with Crippen molar-refractivity contribution in [3.63, 3.8) is 0 Å². The minimum atomic E-state index is -0.551. The molecule has 0 aliphatic heterocycles. The lowest BCUT2D eigenvalue weighted by Crippen LogP contribution is -2.27. The molecule has 4 nitrogen and oxygen atoms in total. The van der Waals surface area contributed by atoms with Crippen LogP contribution in [-0.4, -0.2) is 18.0 Å². The first-order valence-corrected chi connectivity index (χ1v) is 6.77. The first kappa shape index (κ1) is 15.7. The van der Waals surface area contributed by atoms with E-state index in [-0.39, 0.29) is 5.92 Å². The van der Waals surface area contributed by atoms with Gasteiger partial charge in [-0.1, -0.05) is 13.0 Å². The molecule has 0 aromatic heterocycles. The van der Waals surface area contributed by atoms with E-state index in [0.29, 0.717) is 5.69 Å². The van der Waals surface area contributed by atoms with Crippen LogP contribution in [0.3, 0.4) is 0 Å². The molecule has 0 radical (unpaired) electrons. The van der Waals surface area contributed by atoms with E-state index in [0.717, 1.165) is 16.3 Å². The smallest absolute Gasteiger partial charge is 0.412 e. The second kappa shape index (κ2) is 6.19. The lowest BCUT2D eigenvalue weighted by atomic mass is 10.0. The van der Waals surface area contributed by atoms with Crippen LogP contribution in [0.1, 0.15) is 39.2 Å². The summed E-state index contributed by atoms with van der Waals surface area (Å²) in [6.45, 7) is 7.19. The highest BCUT2D eigenvalue weighted by Gasteiger charge is 2.17. The summed E-state index contributed by atoms with van der Waals surface area (Å²) in [6, 6.07) is 5.39. The molecule has 1 atom stereocenters. The van der Waals surface area contributed by atoms with E-state index >= 15 is 0 Å². The zero-order chi connectivity index (χ0) is 14.6. The summed E-state index contributed by atoms with van der Waals surface area (Å²) in [7, 11) is 0. The molecule has 0 fully saturated rings. The van der Waals surface area contributed by atoms with Gasteiger partial charge >= 0.3 is 6.09 Å². The highest BCUT2D eigenvalue weighted by atomic mass is 79.9. The minimum Gasteiger partial charge on any atom is -0.444 e. The van der Waals surface area contributed by atoms with Gasteiger partial charge in [0.2, 0.25) is 0 Å². The molecule has 0 heterocycles. The number of carbonyl (C=O) groups excluding carboxylic acids is 2. The molecule has 19 heavy (non-hydrogen) atoms. The lowest BCUT2D eigenvalue weighted by molar-refractivity contribution is -0.108. The lowest BCUT2D eigenvalue weighted by Gasteiger charge is -2.20. The van der Waals surface area contributed by atoms with E-state index in [1.165, 1.54) is 0 Å². The molecule has 0 aliphatic rings. The highest BCUT2D eigenvalue weighted by molar-refractivity contribution is 9.10. The minimum absolute atomic E-state index is 0.215. The van der Waals surface area contributed by atoms with E-state index in [9.17, 15) is 9.59 Å². The zero-order valence-electron chi connectivity index (χ0n) is 11.5. The van der Waals surface area contributed by atoms with Crippen LogP contribution in [-0.2, 0) is 9.53 Å². The summed E-state index contributed by atoms with van der Waals surface area (Å²) in [6.07, 6.45) is 0.338. The molecule has 0 spiro atoms. The number of benzene rings is 1. The predicted molar refractivity (Wildman–Crippen MR) is 78.5 cm³/mol. The average molecular weight is 328 g/mol. The van der Waals surface area contributed by atoms with Gasteiger partial charge in [0.05, 0.1) is 5.69 Å². The summed E-state index contributed by atoms with van der Waals surface area (Å²) in [4.78, 5) is 22.5. The van der Waals surface area contributed by atoms with Crippen LogP contribution in [0.2, 0.25) is 0 Å². The molecule has 1 N–H and O–H groups in total. The van der Waals surface area contributed by atoms with E-state index in [1.807, 2.05) is 6.07 Å². The Morgan fingerprint density at radius 2 is 2.05 bits per heavy atom. The first-order chi connectivity index (χ1) is 8.73. The molecule has 0 bridgehead atoms. The van der Waals surface area contributed by atoms with Gasteiger partial charge in [-0.15, -0.1) is 0 Å². The number of aldehydes is 1. The molecular weight excluding hydrogens is 310 g/mol. The van der Waals surface area contributed by atoms with Crippen LogP contribution >= 0.6 is 15.9 Å². The highest BCUT2D eigenvalue weighted by Crippen LogP contribution is 2.27. The Morgan fingerprint density at radius 1 is 1.42 bits per heavy atom. The molecule has 1 amide bonds. The van der Waals surface area contributed by atoms with Crippen molar-refractivity contribution in [2.45, 2.75) is 39.2 Å². The van der Waals surface area contributed by atoms with Crippen molar-refractivity contribution in [3.8, 4) is 0 Å². The monoisotopic (exact) mass is 327 g/mol. The maximum Gasteiger partial charge on any atom is 0.412 e. The van der Waals surface area contributed by atoms with Crippen molar-refractivity contribution < 1.29 is 14.3 Å². The van der Waals surface area contributed by atoms with Crippen molar-refractivity contribution >= 4 is 34.0 Å². The predicted octanol–water partition coefficient (Wildman–Crippen LogP) is 4.10. The van der Waals surface area contributed by atoms with Gasteiger partial charge in [-0.05, 0) is 54.4 Å². The molecule has 0 aliphatic carbocycles. The van der Waals surface area contributed by atoms with Gasteiger partial charge in [-0.3, -0.25) is 5.32 Å². The van der Waals surface area contributed by atoms with Gasteiger partial charge in [0.15, 0.2) is 0 Å². The number of halogens is 1. The molecule has 0 saturated heterocycles. The van der Waals surface area contributed by atoms with Crippen LogP contribution < -0.4 is 5.32 Å². The second-order valence-electron chi connectivity index (χ2n) is 5.29. The topological polar surface area (TPSA) is 55.4 Å². The summed E-state index contributed by atoms with van der Waals surface area (Å²) in [5, 5.41) is 2.66. The average Bonchev–Trinajstić information content (AvgIpc) is 2.28. The van der Waals surface area contributed by atoms with Crippen molar-refractivity contribution in [2.75, 3.05) is 5.32 Å². The SMILES string of the molecule is CC(C=O)c1ccc(Br)c(NC(=O)OC(C)(C)C)c1. The second-order valence-corrected chi connectivity index (χ2v) is 6.15. The molecular formula is C14H18BrNO3. The Kier molecular flexibility index (Phi) is 5.11.